The molecule has 5 unspecified atom stereocenters. The van der Waals surface area contributed by atoms with Gasteiger partial charge in [0.05, 0.1) is 0 Å². The van der Waals surface area contributed by atoms with Crippen molar-refractivity contribution in [1.82, 2.24) is 0 Å². The summed E-state index contributed by atoms with van der Waals surface area (Å²) in [7, 11) is 0. The smallest absolute Gasteiger partial charge is 0.303 e. The van der Waals surface area contributed by atoms with Crippen LogP contribution in [0.4, 0.5) is 0 Å². The average molecular weight is 334 g/mol. The molecule has 0 amide bonds. The van der Waals surface area contributed by atoms with Crippen LogP contribution < -0.4 is 0 Å². The molecule has 0 saturated carbocycles. The molecule has 7 nitrogen and oxygen atoms in total. The predicted molar refractivity (Wildman–Crippen MR) is 79.1 cm³/mol. The summed E-state index contributed by atoms with van der Waals surface area (Å²) >= 11 is 1.38. The zero-order chi connectivity index (χ0) is 16.9. The largest absolute Gasteiger partial charge is 0.463 e. The van der Waals surface area contributed by atoms with Crippen molar-refractivity contribution < 1.29 is 33.3 Å². The lowest BCUT2D eigenvalue weighted by molar-refractivity contribution is -0.212. The number of esters is 3. The van der Waals surface area contributed by atoms with Crippen molar-refractivity contribution in [2.75, 3.05) is 12.9 Å². The summed E-state index contributed by atoms with van der Waals surface area (Å²) in [5.41, 5.74) is -0.425. The first kappa shape index (κ1) is 18.8. The number of hydrogen-bond acceptors (Lipinski definition) is 8. The minimum absolute atomic E-state index is 0.0263. The van der Waals surface area contributed by atoms with Gasteiger partial charge in [0, 0.05) is 26.7 Å². The maximum atomic E-state index is 11.3. The number of carbonyl (C=O) groups excluding carboxylic acids is 3. The molecular formula is C14H22O7S. The summed E-state index contributed by atoms with van der Waals surface area (Å²) < 4.78 is 21.4. The highest BCUT2D eigenvalue weighted by molar-refractivity contribution is 7.99. The third kappa shape index (κ3) is 5.17. The molecule has 126 valence electrons. The van der Waals surface area contributed by atoms with E-state index in [1.54, 1.807) is 0 Å². The Morgan fingerprint density at radius 1 is 1.00 bits per heavy atom. The van der Waals surface area contributed by atoms with Crippen LogP contribution in [0.1, 0.15) is 27.7 Å². The van der Waals surface area contributed by atoms with Gasteiger partial charge < -0.3 is 18.9 Å². The molecule has 0 spiro atoms. The van der Waals surface area contributed by atoms with Crippen molar-refractivity contribution in [1.29, 1.82) is 0 Å². The van der Waals surface area contributed by atoms with Gasteiger partial charge in [0.2, 0.25) is 0 Å². The molecule has 0 aliphatic carbocycles. The summed E-state index contributed by atoms with van der Waals surface area (Å²) in [6.45, 7) is 5.68. The molecule has 1 fully saturated rings. The molecule has 0 aromatic heterocycles. The van der Waals surface area contributed by atoms with E-state index in [2.05, 4.69) is 0 Å². The van der Waals surface area contributed by atoms with E-state index < -0.39 is 41.7 Å². The average Bonchev–Trinajstić information content (AvgIpc) is 2.41. The van der Waals surface area contributed by atoms with Crippen molar-refractivity contribution in [2.45, 2.75) is 51.4 Å². The predicted octanol–water partition coefficient (Wildman–Crippen LogP) is 1.14. The normalized spacial score (nSPS) is 31.2. The van der Waals surface area contributed by atoms with Gasteiger partial charge in [0.1, 0.15) is 30.4 Å². The van der Waals surface area contributed by atoms with Gasteiger partial charge in [-0.15, -0.1) is 11.8 Å². The maximum absolute atomic E-state index is 11.3. The zero-order valence-corrected chi connectivity index (χ0v) is 14.2. The van der Waals surface area contributed by atoms with Gasteiger partial charge >= 0.3 is 17.9 Å². The summed E-state index contributed by atoms with van der Waals surface area (Å²) in [5, 5.41) is 0. The first-order valence-corrected chi connectivity index (χ1v) is 8.21. The Hall–Kier alpha value is -1.28. The van der Waals surface area contributed by atoms with Crippen molar-refractivity contribution in [3.8, 4) is 0 Å². The van der Waals surface area contributed by atoms with Crippen LogP contribution >= 0.6 is 11.8 Å². The molecule has 1 rings (SSSR count). The van der Waals surface area contributed by atoms with Crippen molar-refractivity contribution in [3.63, 3.8) is 0 Å². The second-order valence-electron chi connectivity index (χ2n) is 5.09. The Morgan fingerprint density at radius 3 is 2.00 bits per heavy atom. The number of thioether (sulfide) groups is 1. The molecule has 0 aromatic carbocycles. The summed E-state index contributed by atoms with van der Waals surface area (Å²) in [5.74, 6) is -1.64. The molecule has 8 heteroatoms. The van der Waals surface area contributed by atoms with E-state index in [4.69, 9.17) is 18.9 Å². The fourth-order valence-corrected chi connectivity index (χ4v) is 3.18. The molecule has 5 atom stereocenters. The van der Waals surface area contributed by atoms with Crippen LogP contribution in [0.15, 0.2) is 0 Å². The molecule has 0 bridgehead atoms. The number of ether oxygens (including phenoxy) is 4. The standard InChI is InChI=1S/C14H22O7S/c1-7-12(19-9(3)16)11(6-18-8(2)15)21-14(22-5)13(7)20-10(4)17/h7,11-14H,6H2,1-5H3. The van der Waals surface area contributed by atoms with Crippen LogP contribution in [0.2, 0.25) is 0 Å². The Balaban J connectivity index is 2.94. The van der Waals surface area contributed by atoms with Crippen molar-refractivity contribution in [2.24, 2.45) is 5.92 Å². The number of carbonyl (C=O) groups is 3. The Bertz CT molecular complexity index is 423. The van der Waals surface area contributed by atoms with Crippen LogP contribution in [-0.2, 0) is 33.3 Å². The van der Waals surface area contributed by atoms with Crippen molar-refractivity contribution >= 4 is 29.7 Å². The van der Waals surface area contributed by atoms with E-state index in [1.165, 1.54) is 32.5 Å². The van der Waals surface area contributed by atoms with Gasteiger partial charge in [-0.3, -0.25) is 14.4 Å². The molecule has 0 radical (unpaired) electrons. The highest BCUT2D eigenvalue weighted by Crippen LogP contribution is 2.34. The van der Waals surface area contributed by atoms with Gasteiger partial charge in [0.15, 0.2) is 0 Å². The molecule has 1 heterocycles. The molecule has 22 heavy (non-hydrogen) atoms. The maximum Gasteiger partial charge on any atom is 0.303 e. The van der Waals surface area contributed by atoms with E-state index in [0.717, 1.165) is 0 Å². The lowest BCUT2D eigenvalue weighted by Crippen LogP contribution is -2.56. The van der Waals surface area contributed by atoms with Crippen LogP contribution in [0, 0.1) is 5.92 Å². The molecular weight excluding hydrogens is 312 g/mol. The topological polar surface area (TPSA) is 88.1 Å². The van der Waals surface area contributed by atoms with Crippen LogP contribution in [0.25, 0.3) is 0 Å². The summed E-state index contributed by atoms with van der Waals surface area (Å²) in [4.78, 5) is 33.6. The van der Waals surface area contributed by atoms with Gasteiger partial charge in [-0.1, -0.05) is 6.92 Å². The Labute approximate surface area is 134 Å². The molecule has 1 aliphatic rings. The summed E-state index contributed by atoms with van der Waals surface area (Å²) in [6, 6.07) is 0. The highest BCUT2D eigenvalue weighted by Gasteiger charge is 2.47. The molecule has 0 N–H and O–H groups in total. The quantitative estimate of drug-likeness (QED) is 0.546. The number of hydrogen-bond donors (Lipinski definition) is 0. The fourth-order valence-electron chi connectivity index (χ4n) is 2.35. The van der Waals surface area contributed by atoms with E-state index >= 15 is 0 Å². The van der Waals surface area contributed by atoms with Gasteiger partial charge in [-0.25, -0.2) is 0 Å². The second-order valence-corrected chi connectivity index (χ2v) is 6.02. The van der Waals surface area contributed by atoms with Gasteiger partial charge in [-0.05, 0) is 6.26 Å². The summed E-state index contributed by atoms with van der Waals surface area (Å²) in [6.07, 6.45) is 0.00484. The van der Waals surface area contributed by atoms with Crippen LogP contribution in [-0.4, -0.2) is 54.5 Å². The first-order chi connectivity index (χ1) is 10.3. The van der Waals surface area contributed by atoms with E-state index in [0.29, 0.717) is 0 Å². The monoisotopic (exact) mass is 334 g/mol. The molecule has 1 saturated heterocycles. The second kappa shape index (κ2) is 8.38. The van der Waals surface area contributed by atoms with E-state index in [1.807, 2.05) is 13.2 Å². The zero-order valence-electron chi connectivity index (χ0n) is 13.4. The van der Waals surface area contributed by atoms with Crippen LogP contribution in [0.3, 0.4) is 0 Å². The fraction of sp³-hybridized carbons (Fsp3) is 0.786. The minimum Gasteiger partial charge on any atom is -0.463 e. The Kier molecular flexibility index (Phi) is 7.15. The first-order valence-electron chi connectivity index (χ1n) is 6.92. The third-order valence-corrected chi connectivity index (χ3v) is 4.11. The van der Waals surface area contributed by atoms with E-state index in [-0.39, 0.29) is 12.5 Å². The van der Waals surface area contributed by atoms with Crippen molar-refractivity contribution in [3.05, 3.63) is 0 Å². The molecule has 0 aromatic rings. The Morgan fingerprint density at radius 2 is 1.55 bits per heavy atom. The minimum atomic E-state index is -0.662. The van der Waals surface area contributed by atoms with Gasteiger partial charge in [-0.2, -0.15) is 0 Å². The van der Waals surface area contributed by atoms with Gasteiger partial charge in [0.25, 0.3) is 0 Å². The van der Waals surface area contributed by atoms with E-state index in [9.17, 15) is 14.4 Å². The number of rotatable bonds is 5. The third-order valence-electron chi connectivity index (χ3n) is 3.27. The highest BCUT2D eigenvalue weighted by atomic mass is 32.2. The molecule has 1 aliphatic heterocycles. The SMILES string of the molecule is CSC1OC(COC(C)=O)C(OC(C)=O)C(C)C1OC(C)=O. The lowest BCUT2D eigenvalue weighted by Gasteiger charge is -2.43. The lowest BCUT2D eigenvalue weighted by atomic mass is 9.91. The van der Waals surface area contributed by atoms with Crippen LogP contribution in [0.5, 0.6) is 0 Å².